The highest BCUT2D eigenvalue weighted by atomic mass is 35.5. The molecule has 0 saturated heterocycles. The van der Waals surface area contributed by atoms with E-state index in [0.29, 0.717) is 5.41 Å². The summed E-state index contributed by atoms with van der Waals surface area (Å²) in [5, 5.41) is 0.887. The van der Waals surface area contributed by atoms with E-state index >= 15 is 0 Å². The number of pyridine rings is 1. The first kappa shape index (κ1) is 9.01. The fraction of sp³-hybridized carbons (Fsp3) is 0.545. The van der Waals surface area contributed by atoms with Gasteiger partial charge in [0.2, 0.25) is 0 Å². The summed E-state index contributed by atoms with van der Waals surface area (Å²) in [6, 6.07) is 1.89. The van der Waals surface area contributed by atoms with Crippen LogP contribution in [0.2, 0.25) is 5.02 Å². The molecule has 1 aromatic rings. The molecule has 1 nitrogen and oxygen atoms in total. The predicted octanol–water partition coefficient (Wildman–Crippen LogP) is 3.25. The van der Waals surface area contributed by atoms with E-state index in [1.165, 1.54) is 17.7 Å². The Morgan fingerprint density at radius 3 is 3.00 bits per heavy atom. The Labute approximate surface area is 84.1 Å². The SMILES string of the molecule is CC1(C)CCc2nccc(Cl)c2C1. The Balaban J connectivity index is 2.44. The maximum absolute atomic E-state index is 6.13. The molecule has 0 atom stereocenters. The summed E-state index contributed by atoms with van der Waals surface area (Å²) in [5.74, 6) is 0. The van der Waals surface area contributed by atoms with E-state index in [2.05, 4.69) is 18.8 Å². The zero-order valence-corrected chi connectivity index (χ0v) is 8.86. The number of halogens is 1. The maximum atomic E-state index is 6.13. The smallest absolute Gasteiger partial charge is 0.0471 e. The van der Waals surface area contributed by atoms with Gasteiger partial charge < -0.3 is 0 Å². The summed E-state index contributed by atoms with van der Waals surface area (Å²) >= 11 is 6.13. The van der Waals surface area contributed by atoms with Crippen LogP contribution in [0.15, 0.2) is 12.3 Å². The van der Waals surface area contributed by atoms with Gasteiger partial charge >= 0.3 is 0 Å². The summed E-state index contributed by atoms with van der Waals surface area (Å²) in [4.78, 5) is 4.36. The number of rotatable bonds is 0. The molecule has 1 heterocycles. The second-order valence-corrected chi connectivity index (χ2v) is 4.97. The highest BCUT2D eigenvalue weighted by molar-refractivity contribution is 6.31. The first-order chi connectivity index (χ1) is 6.08. The van der Waals surface area contributed by atoms with Gasteiger partial charge in [-0.1, -0.05) is 25.4 Å². The molecule has 0 amide bonds. The molecule has 2 rings (SSSR count). The van der Waals surface area contributed by atoms with Crippen LogP contribution in [0.25, 0.3) is 0 Å². The minimum Gasteiger partial charge on any atom is -0.261 e. The van der Waals surface area contributed by atoms with Crippen LogP contribution in [0.5, 0.6) is 0 Å². The van der Waals surface area contributed by atoms with Gasteiger partial charge in [-0.2, -0.15) is 0 Å². The van der Waals surface area contributed by atoms with Gasteiger partial charge in [-0.05, 0) is 36.3 Å². The molecule has 0 bridgehead atoms. The van der Waals surface area contributed by atoms with Gasteiger partial charge in [0.05, 0.1) is 0 Å². The van der Waals surface area contributed by atoms with Crippen molar-refractivity contribution in [1.82, 2.24) is 4.98 Å². The van der Waals surface area contributed by atoms with Gasteiger partial charge in [-0.25, -0.2) is 0 Å². The van der Waals surface area contributed by atoms with Crippen molar-refractivity contribution in [3.8, 4) is 0 Å². The number of aromatic nitrogens is 1. The van der Waals surface area contributed by atoms with E-state index in [4.69, 9.17) is 11.6 Å². The molecule has 0 fully saturated rings. The van der Waals surface area contributed by atoms with E-state index in [0.717, 1.165) is 17.9 Å². The minimum absolute atomic E-state index is 0.389. The van der Waals surface area contributed by atoms with E-state index in [1.54, 1.807) is 6.20 Å². The molecule has 0 aromatic carbocycles. The van der Waals surface area contributed by atoms with Gasteiger partial charge in [0, 0.05) is 16.9 Å². The molecule has 1 aliphatic rings. The van der Waals surface area contributed by atoms with Crippen molar-refractivity contribution in [1.29, 1.82) is 0 Å². The summed E-state index contributed by atoms with van der Waals surface area (Å²) < 4.78 is 0. The van der Waals surface area contributed by atoms with Crippen LogP contribution in [0.4, 0.5) is 0 Å². The Morgan fingerprint density at radius 1 is 1.46 bits per heavy atom. The van der Waals surface area contributed by atoms with Gasteiger partial charge in [0.15, 0.2) is 0 Å². The van der Waals surface area contributed by atoms with Gasteiger partial charge in [-0.3, -0.25) is 4.98 Å². The summed E-state index contributed by atoms with van der Waals surface area (Å²) in [6.45, 7) is 4.58. The highest BCUT2D eigenvalue weighted by Crippen LogP contribution is 2.36. The third-order valence-corrected chi connectivity index (χ3v) is 3.14. The molecule has 0 radical (unpaired) electrons. The summed E-state index contributed by atoms with van der Waals surface area (Å²) in [7, 11) is 0. The molecule has 1 aliphatic carbocycles. The first-order valence-electron chi connectivity index (χ1n) is 4.71. The second-order valence-electron chi connectivity index (χ2n) is 4.56. The monoisotopic (exact) mass is 195 g/mol. The number of fused-ring (bicyclic) bond motifs is 1. The van der Waals surface area contributed by atoms with Crippen LogP contribution >= 0.6 is 11.6 Å². The average Bonchev–Trinajstić information content (AvgIpc) is 2.06. The molecule has 0 spiro atoms. The molecular formula is C11H14ClN. The Hall–Kier alpha value is -0.560. The maximum Gasteiger partial charge on any atom is 0.0471 e. The number of hydrogen-bond acceptors (Lipinski definition) is 1. The highest BCUT2D eigenvalue weighted by Gasteiger charge is 2.27. The van der Waals surface area contributed by atoms with Crippen molar-refractivity contribution in [2.45, 2.75) is 33.1 Å². The van der Waals surface area contributed by atoms with E-state index in [1.807, 2.05) is 6.07 Å². The lowest BCUT2D eigenvalue weighted by molar-refractivity contribution is 0.312. The first-order valence-corrected chi connectivity index (χ1v) is 5.08. The van der Waals surface area contributed by atoms with E-state index < -0.39 is 0 Å². The molecular weight excluding hydrogens is 182 g/mol. The molecule has 0 N–H and O–H groups in total. The fourth-order valence-electron chi connectivity index (χ4n) is 1.93. The van der Waals surface area contributed by atoms with Crippen LogP contribution in [0, 0.1) is 5.41 Å². The van der Waals surface area contributed by atoms with Gasteiger partial charge in [-0.15, -0.1) is 0 Å². The number of aryl methyl sites for hydroxylation is 1. The van der Waals surface area contributed by atoms with Crippen LogP contribution in [0.1, 0.15) is 31.5 Å². The Bertz CT molecular complexity index is 331. The van der Waals surface area contributed by atoms with Crippen LogP contribution in [0.3, 0.4) is 0 Å². The molecule has 2 heteroatoms. The quantitative estimate of drug-likeness (QED) is 0.620. The average molecular weight is 196 g/mol. The van der Waals surface area contributed by atoms with Crippen molar-refractivity contribution in [3.05, 3.63) is 28.5 Å². The van der Waals surface area contributed by atoms with Crippen LogP contribution in [-0.4, -0.2) is 4.98 Å². The summed E-state index contributed by atoms with van der Waals surface area (Å²) in [6.07, 6.45) is 5.16. The van der Waals surface area contributed by atoms with Crippen molar-refractivity contribution in [3.63, 3.8) is 0 Å². The zero-order valence-electron chi connectivity index (χ0n) is 8.10. The molecule has 1 aromatic heterocycles. The molecule has 0 saturated carbocycles. The van der Waals surface area contributed by atoms with Gasteiger partial charge in [0.25, 0.3) is 0 Å². The van der Waals surface area contributed by atoms with Crippen molar-refractivity contribution >= 4 is 11.6 Å². The fourth-order valence-corrected chi connectivity index (χ4v) is 2.17. The molecule has 0 aliphatic heterocycles. The van der Waals surface area contributed by atoms with E-state index in [9.17, 15) is 0 Å². The zero-order chi connectivity index (χ0) is 9.47. The predicted molar refractivity (Wildman–Crippen MR) is 55.1 cm³/mol. The van der Waals surface area contributed by atoms with Crippen LogP contribution in [-0.2, 0) is 12.8 Å². The number of nitrogens with zero attached hydrogens (tertiary/aromatic N) is 1. The third kappa shape index (κ3) is 1.71. The molecule has 0 unspecified atom stereocenters. The lowest BCUT2D eigenvalue weighted by Gasteiger charge is -2.30. The second kappa shape index (κ2) is 2.98. The van der Waals surface area contributed by atoms with Crippen molar-refractivity contribution in [2.75, 3.05) is 0 Å². The largest absolute Gasteiger partial charge is 0.261 e. The summed E-state index contributed by atoms with van der Waals surface area (Å²) in [5.41, 5.74) is 2.85. The molecule has 70 valence electrons. The normalized spacial score (nSPS) is 19.6. The molecule has 13 heavy (non-hydrogen) atoms. The Kier molecular flexibility index (Phi) is 2.07. The topological polar surface area (TPSA) is 12.9 Å². The lowest BCUT2D eigenvalue weighted by Crippen LogP contribution is -2.23. The van der Waals surface area contributed by atoms with Crippen LogP contribution < -0.4 is 0 Å². The Morgan fingerprint density at radius 2 is 2.23 bits per heavy atom. The number of hydrogen-bond donors (Lipinski definition) is 0. The van der Waals surface area contributed by atoms with Gasteiger partial charge in [0.1, 0.15) is 0 Å². The minimum atomic E-state index is 0.389. The lowest BCUT2D eigenvalue weighted by atomic mass is 9.76. The van der Waals surface area contributed by atoms with Crippen molar-refractivity contribution < 1.29 is 0 Å². The van der Waals surface area contributed by atoms with Crippen molar-refractivity contribution in [2.24, 2.45) is 5.41 Å². The van der Waals surface area contributed by atoms with E-state index in [-0.39, 0.29) is 0 Å². The standard InChI is InChI=1S/C11H14ClN/c1-11(2)5-3-10-8(7-11)9(12)4-6-13-10/h4,6H,3,5,7H2,1-2H3. The third-order valence-electron chi connectivity index (χ3n) is 2.78.